The van der Waals surface area contributed by atoms with E-state index >= 15 is 0 Å². The van der Waals surface area contributed by atoms with E-state index in [9.17, 15) is 24.6 Å². The van der Waals surface area contributed by atoms with Gasteiger partial charge < -0.3 is 30.1 Å². The van der Waals surface area contributed by atoms with Crippen molar-refractivity contribution in [1.29, 1.82) is 0 Å². The Morgan fingerprint density at radius 3 is 2.23 bits per heavy atom. The van der Waals surface area contributed by atoms with Crippen molar-refractivity contribution in [3.8, 4) is 0 Å². The van der Waals surface area contributed by atoms with Gasteiger partial charge in [-0.1, -0.05) is 49.2 Å². The van der Waals surface area contributed by atoms with Gasteiger partial charge in [0.2, 0.25) is 5.91 Å². The predicted octanol–water partition coefficient (Wildman–Crippen LogP) is 6.58. The van der Waals surface area contributed by atoms with Crippen molar-refractivity contribution in [2.75, 3.05) is 11.1 Å². The van der Waals surface area contributed by atoms with Crippen molar-refractivity contribution in [3.05, 3.63) is 95.1 Å². The highest BCUT2D eigenvalue weighted by molar-refractivity contribution is 7.99. The SMILES string of the molecule is O=C(O)CCCCCCC(=O)Nc1cccc([C@H]2O[C@@H](CSc3ccc(C(=O)O)cc3)C[C@@H](c3ccc(CO)cc3)O2)c1. The van der Waals surface area contributed by atoms with Crippen molar-refractivity contribution in [3.63, 3.8) is 0 Å². The smallest absolute Gasteiger partial charge is 0.335 e. The van der Waals surface area contributed by atoms with Crippen LogP contribution < -0.4 is 5.32 Å². The Kier molecular flexibility index (Phi) is 12.2. The number of rotatable bonds is 15. The number of aliphatic hydroxyl groups is 1. The molecule has 0 bridgehead atoms. The molecule has 0 aliphatic carbocycles. The molecule has 1 aliphatic heterocycles. The Morgan fingerprint density at radius 1 is 0.837 bits per heavy atom. The molecule has 3 aromatic carbocycles. The van der Waals surface area contributed by atoms with Gasteiger partial charge in [0, 0.05) is 41.2 Å². The third-order valence-electron chi connectivity index (χ3n) is 7.14. The number of carbonyl (C=O) groups is 3. The van der Waals surface area contributed by atoms with Gasteiger partial charge in [0.15, 0.2) is 6.29 Å². The molecule has 0 radical (unpaired) electrons. The molecule has 10 heteroatoms. The van der Waals surface area contributed by atoms with Crippen LogP contribution in [0.3, 0.4) is 0 Å². The van der Waals surface area contributed by atoms with Crippen LogP contribution >= 0.6 is 11.8 Å². The molecule has 1 saturated heterocycles. The number of unbranched alkanes of at least 4 members (excludes halogenated alkanes) is 3. The summed E-state index contributed by atoms with van der Waals surface area (Å²) in [5.74, 6) is -1.24. The van der Waals surface area contributed by atoms with Gasteiger partial charge in [-0.3, -0.25) is 9.59 Å². The molecule has 1 heterocycles. The highest BCUT2D eigenvalue weighted by atomic mass is 32.2. The zero-order valence-electron chi connectivity index (χ0n) is 23.8. The number of carboxylic acids is 2. The highest BCUT2D eigenvalue weighted by Crippen LogP contribution is 2.40. The van der Waals surface area contributed by atoms with Crippen LogP contribution in [0.1, 0.15) is 84.4 Å². The minimum Gasteiger partial charge on any atom is -0.481 e. The highest BCUT2D eigenvalue weighted by Gasteiger charge is 2.32. The summed E-state index contributed by atoms with van der Waals surface area (Å²) in [4.78, 5) is 35.3. The van der Waals surface area contributed by atoms with Crippen molar-refractivity contribution in [1.82, 2.24) is 0 Å². The van der Waals surface area contributed by atoms with Crippen molar-refractivity contribution >= 4 is 35.3 Å². The molecule has 43 heavy (non-hydrogen) atoms. The number of ether oxygens (including phenoxy) is 2. The standard InChI is InChI=1S/C33H37NO8S/c35-20-22-10-12-23(13-11-22)29-19-27(21-43-28-16-14-24(15-17-28)32(39)40)41-33(42-29)25-6-5-7-26(18-25)34-30(36)8-3-1-2-4-9-31(37)38/h5-7,10-18,27,29,33,35H,1-4,8-9,19-21H2,(H,34,36)(H,37,38)(H,39,40)/t27-,29+,33+/m1/s1. The van der Waals surface area contributed by atoms with Crippen LogP contribution in [0.4, 0.5) is 5.69 Å². The monoisotopic (exact) mass is 607 g/mol. The van der Waals surface area contributed by atoms with Crippen molar-refractivity contribution < 1.29 is 39.2 Å². The number of benzene rings is 3. The second-order valence-electron chi connectivity index (χ2n) is 10.5. The van der Waals surface area contributed by atoms with E-state index in [-0.39, 0.29) is 36.7 Å². The first-order chi connectivity index (χ1) is 20.8. The Labute approximate surface area is 255 Å². The van der Waals surface area contributed by atoms with Crippen LogP contribution in [0.5, 0.6) is 0 Å². The molecule has 9 nitrogen and oxygen atoms in total. The number of thioether (sulfide) groups is 1. The molecule has 228 valence electrons. The summed E-state index contributed by atoms with van der Waals surface area (Å²) < 4.78 is 12.8. The second kappa shape index (κ2) is 16.2. The molecule has 1 fully saturated rings. The summed E-state index contributed by atoms with van der Waals surface area (Å²) in [6.07, 6.45) is 2.89. The van der Waals surface area contributed by atoms with Crippen LogP contribution in [0.2, 0.25) is 0 Å². The van der Waals surface area contributed by atoms with Crippen molar-refractivity contribution in [2.24, 2.45) is 0 Å². The third kappa shape index (κ3) is 10.2. The van der Waals surface area contributed by atoms with Gasteiger partial charge in [-0.2, -0.15) is 0 Å². The fourth-order valence-corrected chi connectivity index (χ4v) is 5.73. The number of carboxylic acid groups (broad SMARTS) is 2. The normalized spacial score (nSPS) is 18.2. The summed E-state index contributed by atoms with van der Waals surface area (Å²) in [5, 5.41) is 30.3. The first-order valence-electron chi connectivity index (χ1n) is 14.4. The summed E-state index contributed by atoms with van der Waals surface area (Å²) in [6, 6.07) is 21.8. The van der Waals surface area contributed by atoms with Crippen LogP contribution in [0.25, 0.3) is 0 Å². The average molecular weight is 608 g/mol. The van der Waals surface area contributed by atoms with E-state index in [1.807, 2.05) is 48.5 Å². The summed E-state index contributed by atoms with van der Waals surface area (Å²) in [5.41, 5.74) is 3.43. The number of carbonyl (C=O) groups excluding carboxylic acids is 1. The minimum absolute atomic E-state index is 0.0410. The molecule has 4 N–H and O–H groups in total. The zero-order valence-corrected chi connectivity index (χ0v) is 24.6. The van der Waals surface area contributed by atoms with Gasteiger partial charge in [-0.05, 0) is 60.4 Å². The van der Waals surface area contributed by atoms with Crippen LogP contribution in [-0.4, -0.2) is 45.0 Å². The van der Waals surface area contributed by atoms with Gasteiger partial charge in [0.05, 0.1) is 24.4 Å². The number of nitrogens with one attached hydrogen (secondary N) is 1. The summed E-state index contributed by atoms with van der Waals surface area (Å²) >= 11 is 1.58. The van der Waals surface area contributed by atoms with Crippen LogP contribution in [-0.2, 0) is 25.7 Å². The molecule has 0 aromatic heterocycles. The zero-order chi connectivity index (χ0) is 30.6. The maximum absolute atomic E-state index is 12.5. The second-order valence-corrected chi connectivity index (χ2v) is 11.6. The van der Waals surface area contributed by atoms with Gasteiger partial charge >= 0.3 is 11.9 Å². The molecule has 1 amide bonds. The maximum Gasteiger partial charge on any atom is 0.335 e. The van der Waals surface area contributed by atoms with Crippen LogP contribution in [0, 0.1) is 0 Å². The number of aliphatic carboxylic acids is 1. The van der Waals surface area contributed by atoms with Crippen LogP contribution in [0.15, 0.2) is 77.7 Å². The lowest BCUT2D eigenvalue weighted by molar-refractivity contribution is -0.245. The minimum atomic E-state index is -0.964. The summed E-state index contributed by atoms with van der Waals surface area (Å²) in [7, 11) is 0. The molecule has 4 rings (SSSR count). The Morgan fingerprint density at radius 2 is 1.56 bits per heavy atom. The van der Waals surface area contributed by atoms with Gasteiger partial charge in [0.25, 0.3) is 0 Å². The maximum atomic E-state index is 12.5. The first-order valence-corrected chi connectivity index (χ1v) is 15.4. The Hall–Kier alpha value is -3.70. The number of aromatic carboxylic acids is 1. The third-order valence-corrected chi connectivity index (χ3v) is 8.28. The van der Waals surface area contributed by atoms with E-state index in [1.165, 1.54) is 0 Å². The van der Waals surface area contributed by atoms with E-state index in [4.69, 9.17) is 14.6 Å². The quantitative estimate of drug-likeness (QED) is 0.111. The molecule has 1 aliphatic rings. The van der Waals surface area contributed by atoms with E-state index in [0.29, 0.717) is 37.1 Å². The van der Waals surface area contributed by atoms with Gasteiger partial charge in [0.1, 0.15) is 0 Å². The lowest BCUT2D eigenvalue weighted by Crippen LogP contribution is -2.31. The number of hydrogen-bond acceptors (Lipinski definition) is 7. The van der Waals surface area contributed by atoms with E-state index in [0.717, 1.165) is 34.4 Å². The van der Waals surface area contributed by atoms with Crippen molar-refractivity contribution in [2.45, 2.75) is 74.9 Å². The molecular formula is C33H37NO8S. The lowest BCUT2D eigenvalue weighted by Gasteiger charge is -2.36. The number of aliphatic hydroxyl groups excluding tert-OH is 1. The molecule has 0 saturated carbocycles. The fraction of sp³-hybridized carbons (Fsp3) is 0.364. The topological polar surface area (TPSA) is 142 Å². The summed E-state index contributed by atoms with van der Waals surface area (Å²) in [6.45, 7) is -0.0410. The fourth-order valence-electron chi connectivity index (χ4n) is 4.81. The van der Waals surface area contributed by atoms with E-state index < -0.39 is 18.2 Å². The number of anilines is 1. The number of hydrogen-bond donors (Lipinski definition) is 4. The predicted molar refractivity (Wildman–Crippen MR) is 163 cm³/mol. The molecule has 0 spiro atoms. The Bertz CT molecular complexity index is 1360. The van der Waals surface area contributed by atoms with E-state index in [1.54, 1.807) is 36.0 Å². The lowest BCUT2D eigenvalue weighted by atomic mass is 10.0. The molecule has 0 unspecified atom stereocenters. The first kappa shape index (κ1) is 32.2. The molecule has 3 atom stereocenters. The van der Waals surface area contributed by atoms with Gasteiger partial charge in [-0.15, -0.1) is 11.8 Å². The number of amides is 1. The van der Waals surface area contributed by atoms with E-state index in [2.05, 4.69) is 5.32 Å². The largest absolute Gasteiger partial charge is 0.481 e. The Balaban J connectivity index is 1.41. The molecular weight excluding hydrogens is 570 g/mol. The average Bonchev–Trinajstić information content (AvgIpc) is 3.01. The molecule has 3 aromatic rings. The van der Waals surface area contributed by atoms with Gasteiger partial charge in [-0.25, -0.2) is 4.79 Å².